The van der Waals surface area contributed by atoms with Crippen molar-refractivity contribution in [1.29, 1.82) is 0 Å². The van der Waals surface area contributed by atoms with Gasteiger partial charge < -0.3 is 5.73 Å². The molecule has 108 valence electrons. The SMILES string of the molecule is CC[N+]1(c2cccc(C)n2)CCC(CCN)CC1.Cl. The van der Waals surface area contributed by atoms with Crippen LogP contribution in [0.1, 0.15) is 31.9 Å². The predicted molar refractivity (Wildman–Crippen MR) is 84.7 cm³/mol. The molecule has 1 aliphatic rings. The first-order valence-electron chi connectivity index (χ1n) is 7.20. The molecule has 1 fully saturated rings. The van der Waals surface area contributed by atoms with E-state index < -0.39 is 0 Å². The van der Waals surface area contributed by atoms with E-state index in [0.717, 1.165) is 29.2 Å². The molecular weight excluding hydrogens is 258 g/mol. The van der Waals surface area contributed by atoms with Gasteiger partial charge in [-0.25, -0.2) is 4.98 Å². The summed E-state index contributed by atoms with van der Waals surface area (Å²) in [5.41, 5.74) is 6.80. The second-order valence-corrected chi connectivity index (χ2v) is 5.57. The highest BCUT2D eigenvalue weighted by atomic mass is 35.5. The van der Waals surface area contributed by atoms with Crippen molar-refractivity contribution in [2.45, 2.75) is 33.1 Å². The first-order valence-corrected chi connectivity index (χ1v) is 7.20. The Labute approximate surface area is 123 Å². The van der Waals surface area contributed by atoms with Crippen molar-refractivity contribution in [2.75, 3.05) is 26.2 Å². The third-order valence-corrected chi connectivity index (χ3v) is 4.47. The maximum Gasteiger partial charge on any atom is 0.227 e. The lowest BCUT2D eigenvalue weighted by Crippen LogP contribution is -2.54. The van der Waals surface area contributed by atoms with Crippen molar-refractivity contribution in [3.63, 3.8) is 0 Å². The molecule has 1 aromatic heterocycles. The minimum absolute atomic E-state index is 0. The highest BCUT2D eigenvalue weighted by Gasteiger charge is 2.35. The van der Waals surface area contributed by atoms with Gasteiger partial charge in [-0.05, 0) is 38.8 Å². The molecule has 0 aromatic carbocycles. The third-order valence-electron chi connectivity index (χ3n) is 4.47. The molecule has 0 radical (unpaired) electrons. The molecule has 2 N–H and O–H groups in total. The van der Waals surface area contributed by atoms with E-state index in [9.17, 15) is 0 Å². The fourth-order valence-corrected chi connectivity index (χ4v) is 3.14. The van der Waals surface area contributed by atoms with Crippen LogP contribution in [0.2, 0.25) is 0 Å². The van der Waals surface area contributed by atoms with Gasteiger partial charge in [-0.1, -0.05) is 6.07 Å². The van der Waals surface area contributed by atoms with Crippen LogP contribution in [0.4, 0.5) is 5.82 Å². The highest BCUT2D eigenvalue weighted by Crippen LogP contribution is 2.30. The molecule has 0 spiro atoms. The fourth-order valence-electron chi connectivity index (χ4n) is 3.14. The summed E-state index contributed by atoms with van der Waals surface area (Å²) in [7, 11) is 0. The predicted octanol–water partition coefficient (Wildman–Crippen LogP) is 2.90. The van der Waals surface area contributed by atoms with E-state index in [1.165, 1.54) is 38.2 Å². The molecule has 2 heterocycles. The lowest BCUT2D eigenvalue weighted by molar-refractivity contribution is 0.185. The Morgan fingerprint density at radius 3 is 2.53 bits per heavy atom. The van der Waals surface area contributed by atoms with E-state index in [4.69, 9.17) is 10.7 Å². The van der Waals surface area contributed by atoms with Gasteiger partial charge in [-0.3, -0.25) is 4.48 Å². The lowest BCUT2D eigenvalue weighted by atomic mass is 9.92. The molecular formula is C15H27ClN3+. The number of aryl methyl sites for hydroxylation is 1. The summed E-state index contributed by atoms with van der Waals surface area (Å²) in [6, 6.07) is 6.41. The van der Waals surface area contributed by atoms with Crippen LogP contribution in [0.3, 0.4) is 0 Å². The molecule has 1 aromatic rings. The second-order valence-electron chi connectivity index (χ2n) is 5.57. The average molecular weight is 285 g/mol. The number of aromatic nitrogens is 1. The molecule has 0 bridgehead atoms. The summed E-state index contributed by atoms with van der Waals surface area (Å²) < 4.78 is 1.06. The summed E-state index contributed by atoms with van der Waals surface area (Å²) in [5.74, 6) is 2.08. The number of piperidine rings is 1. The van der Waals surface area contributed by atoms with Crippen molar-refractivity contribution >= 4 is 18.2 Å². The van der Waals surface area contributed by atoms with Crippen molar-refractivity contribution < 1.29 is 0 Å². The molecule has 0 amide bonds. The van der Waals surface area contributed by atoms with Crippen LogP contribution >= 0.6 is 12.4 Å². The van der Waals surface area contributed by atoms with E-state index in [1.807, 2.05) is 0 Å². The number of quaternary nitrogens is 1. The summed E-state index contributed by atoms with van der Waals surface area (Å²) in [6.45, 7) is 8.78. The van der Waals surface area contributed by atoms with Crippen molar-refractivity contribution in [1.82, 2.24) is 9.47 Å². The first-order chi connectivity index (χ1) is 8.70. The normalized spacial score (nSPS) is 26.8. The molecule has 0 unspecified atom stereocenters. The Kier molecular flexibility index (Phi) is 6.24. The summed E-state index contributed by atoms with van der Waals surface area (Å²) in [4.78, 5) is 4.76. The monoisotopic (exact) mass is 284 g/mol. The number of halogens is 1. The standard InChI is InChI=1S/C15H26N3.ClH/c1-3-18(15-6-4-5-13(2)17-15)11-8-14(7-10-16)9-12-18;/h4-6,14H,3,7-12,16H2,1-2H3;1H/q+1;. The maximum absolute atomic E-state index is 5.67. The second kappa shape index (κ2) is 7.22. The molecule has 19 heavy (non-hydrogen) atoms. The number of pyridine rings is 1. The molecule has 3 nitrogen and oxygen atoms in total. The number of nitrogens with zero attached hydrogens (tertiary/aromatic N) is 2. The van der Waals surface area contributed by atoms with Crippen LogP contribution in [0.5, 0.6) is 0 Å². The van der Waals surface area contributed by atoms with Crippen LogP contribution in [0.15, 0.2) is 18.2 Å². The van der Waals surface area contributed by atoms with E-state index in [0.29, 0.717) is 0 Å². The van der Waals surface area contributed by atoms with Gasteiger partial charge >= 0.3 is 0 Å². The summed E-state index contributed by atoms with van der Waals surface area (Å²) >= 11 is 0. The van der Waals surface area contributed by atoms with Crippen molar-refractivity contribution in [3.05, 3.63) is 23.9 Å². The Bertz CT molecular complexity index is 387. The van der Waals surface area contributed by atoms with Crippen LogP contribution in [-0.2, 0) is 0 Å². The number of hydrogen-bond donors (Lipinski definition) is 1. The highest BCUT2D eigenvalue weighted by molar-refractivity contribution is 5.85. The van der Waals surface area contributed by atoms with Crippen LogP contribution in [0.25, 0.3) is 0 Å². The maximum atomic E-state index is 5.67. The minimum Gasteiger partial charge on any atom is -0.330 e. The Balaban J connectivity index is 0.00000180. The summed E-state index contributed by atoms with van der Waals surface area (Å²) in [5, 5.41) is 0. The lowest BCUT2D eigenvalue weighted by Gasteiger charge is -2.41. The van der Waals surface area contributed by atoms with Crippen LogP contribution < -0.4 is 10.2 Å². The third kappa shape index (κ3) is 3.68. The van der Waals surface area contributed by atoms with Crippen molar-refractivity contribution in [3.8, 4) is 0 Å². The van der Waals surface area contributed by atoms with Gasteiger partial charge in [0.25, 0.3) is 0 Å². The van der Waals surface area contributed by atoms with E-state index in [2.05, 4.69) is 32.0 Å². The number of hydrogen-bond acceptors (Lipinski definition) is 2. The molecule has 2 rings (SSSR count). The molecule has 1 aliphatic heterocycles. The fraction of sp³-hybridized carbons (Fsp3) is 0.667. The molecule has 0 atom stereocenters. The van der Waals surface area contributed by atoms with Gasteiger partial charge in [0.2, 0.25) is 5.82 Å². The zero-order valence-corrected chi connectivity index (χ0v) is 13.0. The van der Waals surface area contributed by atoms with Gasteiger partial charge in [-0.2, -0.15) is 0 Å². The number of likely N-dealkylation sites (tertiary alicyclic amines) is 1. The topological polar surface area (TPSA) is 38.9 Å². The molecule has 1 saturated heterocycles. The van der Waals surface area contributed by atoms with Gasteiger partial charge in [0.15, 0.2) is 0 Å². The molecule has 0 saturated carbocycles. The van der Waals surface area contributed by atoms with Crippen LogP contribution in [0, 0.1) is 12.8 Å². The number of rotatable bonds is 4. The first kappa shape index (κ1) is 16.4. The smallest absolute Gasteiger partial charge is 0.227 e. The van der Waals surface area contributed by atoms with Gasteiger partial charge in [0.05, 0.1) is 19.6 Å². The Hall–Kier alpha value is -0.640. The van der Waals surface area contributed by atoms with E-state index in [-0.39, 0.29) is 12.4 Å². The molecule has 0 aliphatic carbocycles. The van der Waals surface area contributed by atoms with E-state index in [1.54, 1.807) is 0 Å². The van der Waals surface area contributed by atoms with Crippen LogP contribution in [-0.4, -0.2) is 31.2 Å². The zero-order valence-electron chi connectivity index (χ0n) is 12.1. The Morgan fingerprint density at radius 2 is 2.00 bits per heavy atom. The van der Waals surface area contributed by atoms with Gasteiger partial charge in [0, 0.05) is 24.6 Å². The minimum atomic E-state index is 0. The van der Waals surface area contributed by atoms with Gasteiger partial charge in [0.1, 0.15) is 0 Å². The largest absolute Gasteiger partial charge is 0.330 e. The quantitative estimate of drug-likeness (QED) is 0.864. The Morgan fingerprint density at radius 1 is 1.32 bits per heavy atom. The van der Waals surface area contributed by atoms with Crippen molar-refractivity contribution in [2.24, 2.45) is 11.7 Å². The van der Waals surface area contributed by atoms with E-state index >= 15 is 0 Å². The zero-order chi connectivity index (χ0) is 13.0. The summed E-state index contributed by atoms with van der Waals surface area (Å²) in [6.07, 6.45) is 3.77. The average Bonchev–Trinajstić information content (AvgIpc) is 2.40. The molecule has 4 heteroatoms. The number of nitrogens with two attached hydrogens (primary N) is 1. The van der Waals surface area contributed by atoms with Gasteiger partial charge in [-0.15, -0.1) is 12.4 Å².